The third kappa shape index (κ3) is 5.00. The van der Waals surface area contributed by atoms with E-state index in [0.29, 0.717) is 24.0 Å². The van der Waals surface area contributed by atoms with Crippen LogP contribution in [-0.4, -0.2) is 34.6 Å². The van der Waals surface area contributed by atoms with Crippen LogP contribution in [0.5, 0.6) is 11.5 Å². The summed E-state index contributed by atoms with van der Waals surface area (Å²) < 4.78 is 6.51. The van der Waals surface area contributed by atoms with Gasteiger partial charge >= 0.3 is 0 Å². The largest absolute Gasteiger partial charge is 0.508 e. The number of nitrogens with zero attached hydrogens (tertiary/aromatic N) is 1. The van der Waals surface area contributed by atoms with Crippen molar-refractivity contribution in [3.05, 3.63) is 34.9 Å². The van der Waals surface area contributed by atoms with Gasteiger partial charge < -0.3 is 14.7 Å². The van der Waals surface area contributed by atoms with Gasteiger partial charge in [0.15, 0.2) is 0 Å². The van der Waals surface area contributed by atoms with E-state index >= 15 is 0 Å². The Morgan fingerprint density at radius 2 is 1.91 bits per heavy atom. The van der Waals surface area contributed by atoms with E-state index in [1.54, 1.807) is 0 Å². The van der Waals surface area contributed by atoms with Crippen molar-refractivity contribution in [3.8, 4) is 11.5 Å². The van der Waals surface area contributed by atoms with Crippen molar-refractivity contribution in [3.63, 3.8) is 0 Å². The molecule has 1 heterocycles. The molecule has 1 amide bonds. The van der Waals surface area contributed by atoms with Crippen LogP contribution in [0, 0.1) is 5.92 Å². The Kier molecular flexibility index (Phi) is 7.31. The van der Waals surface area contributed by atoms with E-state index in [1.165, 1.54) is 5.57 Å². The van der Waals surface area contributed by atoms with Crippen LogP contribution in [0.25, 0.3) is 0 Å². The molecule has 0 fully saturated rings. The average molecular weight is 442 g/mol. The van der Waals surface area contributed by atoms with Gasteiger partial charge in [-0.2, -0.15) is 0 Å². The Bertz CT molecular complexity index is 864. The van der Waals surface area contributed by atoms with Crippen molar-refractivity contribution in [2.45, 2.75) is 104 Å². The monoisotopic (exact) mass is 441 g/mol. The summed E-state index contributed by atoms with van der Waals surface area (Å²) in [6.45, 7) is 16.6. The van der Waals surface area contributed by atoms with Crippen LogP contribution in [0.15, 0.2) is 23.8 Å². The molecule has 0 saturated heterocycles. The quantitative estimate of drug-likeness (QED) is 0.360. The Labute approximate surface area is 195 Å². The summed E-state index contributed by atoms with van der Waals surface area (Å²) in [4.78, 5) is 14.2. The summed E-state index contributed by atoms with van der Waals surface area (Å²) in [6, 6.07) is 4.13. The highest BCUT2D eigenvalue weighted by Crippen LogP contribution is 2.54. The summed E-state index contributed by atoms with van der Waals surface area (Å²) in [7, 11) is 0. The Balaban J connectivity index is 1.75. The molecule has 32 heavy (non-hydrogen) atoms. The molecule has 2 atom stereocenters. The molecule has 0 saturated carbocycles. The number of benzene rings is 1. The van der Waals surface area contributed by atoms with Crippen LogP contribution in [0.4, 0.5) is 0 Å². The van der Waals surface area contributed by atoms with Gasteiger partial charge in [0.25, 0.3) is 0 Å². The molecule has 2 aliphatic rings. The predicted molar refractivity (Wildman–Crippen MR) is 131 cm³/mol. The third-order valence-corrected chi connectivity index (χ3v) is 7.84. The maximum absolute atomic E-state index is 12.3. The lowest BCUT2D eigenvalue weighted by atomic mass is 9.66. The van der Waals surface area contributed by atoms with Gasteiger partial charge in [-0.05, 0) is 83.4 Å². The van der Waals surface area contributed by atoms with E-state index in [2.05, 4.69) is 46.8 Å². The average Bonchev–Trinajstić information content (AvgIpc) is 2.71. The van der Waals surface area contributed by atoms with Gasteiger partial charge in [-0.3, -0.25) is 4.79 Å². The first-order valence-electron chi connectivity index (χ1n) is 12.5. The molecular formula is C28H43NO3. The van der Waals surface area contributed by atoms with Crippen LogP contribution in [0.1, 0.15) is 104 Å². The van der Waals surface area contributed by atoms with Gasteiger partial charge in [0, 0.05) is 36.9 Å². The second kappa shape index (κ2) is 9.49. The van der Waals surface area contributed by atoms with Crippen LogP contribution >= 0.6 is 0 Å². The van der Waals surface area contributed by atoms with E-state index in [9.17, 15) is 9.90 Å². The highest BCUT2D eigenvalue weighted by molar-refractivity contribution is 5.76. The summed E-state index contributed by atoms with van der Waals surface area (Å²) in [5.41, 5.74) is 3.15. The zero-order chi connectivity index (χ0) is 23.7. The number of carbonyl (C=O) groups excluding carboxylic acids is 1. The molecule has 1 N–H and O–H groups in total. The summed E-state index contributed by atoms with van der Waals surface area (Å²) in [6.07, 6.45) is 7.78. The number of rotatable bonds is 8. The number of ether oxygens (including phenoxy) is 1. The smallest absolute Gasteiger partial charge is 0.222 e. The van der Waals surface area contributed by atoms with E-state index in [1.807, 2.05) is 24.8 Å². The second-order valence-electron chi connectivity index (χ2n) is 11.0. The number of unbranched alkanes of at least 4 members (excludes halogenated alkanes) is 1. The first-order chi connectivity index (χ1) is 15.0. The van der Waals surface area contributed by atoms with Crippen LogP contribution < -0.4 is 4.74 Å². The number of amides is 1. The Morgan fingerprint density at radius 1 is 1.22 bits per heavy atom. The number of aromatic hydroxyl groups is 1. The molecule has 1 aliphatic heterocycles. The molecule has 0 aromatic heterocycles. The van der Waals surface area contributed by atoms with Gasteiger partial charge in [-0.25, -0.2) is 0 Å². The van der Waals surface area contributed by atoms with Gasteiger partial charge in [-0.15, -0.1) is 0 Å². The zero-order valence-corrected chi connectivity index (χ0v) is 21.3. The standard InChI is InChI=1S/C28H43NO3/c1-8-29(9-2)25(31)12-10-11-15-27(4,5)20-17-23(30)26-21-16-19(3)13-14-22(21)28(6,7)32-24(26)18-20/h13,17-18,21-22,30H,8-12,14-16H2,1-7H3/t21-,22-/m1/s1. The molecule has 0 unspecified atom stereocenters. The van der Waals surface area contributed by atoms with E-state index in [0.717, 1.165) is 62.1 Å². The lowest BCUT2D eigenvalue weighted by Gasteiger charge is -2.47. The molecule has 1 aliphatic carbocycles. The van der Waals surface area contributed by atoms with Crippen LogP contribution in [0.2, 0.25) is 0 Å². The second-order valence-corrected chi connectivity index (χ2v) is 11.0. The minimum atomic E-state index is -0.255. The summed E-state index contributed by atoms with van der Waals surface area (Å²) in [5.74, 6) is 2.17. The minimum Gasteiger partial charge on any atom is -0.508 e. The van der Waals surface area contributed by atoms with Crippen LogP contribution in [0.3, 0.4) is 0 Å². The first kappa shape index (κ1) is 24.7. The fourth-order valence-corrected chi connectivity index (χ4v) is 5.68. The minimum absolute atomic E-state index is 0.0997. The lowest BCUT2D eigenvalue weighted by Crippen LogP contribution is -2.45. The molecular weight excluding hydrogens is 398 g/mol. The molecule has 0 bridgehead atoms. The molecule has 0 spiro atoms. The van der Waals surface area contributed by atoms with Crippen molar-refractivity contribution in [2.75, 3.05) is 13.1 Å². The van der Waals surface area contributed by atoms with Crippen molar-refractivity contribution in [2.24, 2.45) is 5.92 Å². The van der Waals surface area contributed by atoms with E-state index < -0.39 is 0 Å². The normalized spacial score (nSPS) is 21.8. The molecule has 1 aromatic rings. The van der Waals surface area contributed by atoms with Gasteiger partial charge in [0.1, 0.15) is 17.1 Å². The fourth-order valence-electron chi connectivity index (χ4n) is 5.68. The molecule has 0 radical (unpaired) electrons. The van der Waals surface area contributed by atoms with E-state index in [4.69, 9.17) is 4.74 Å². The molecule has 1 aromatic carbocycles. The number of phenolic OH excluding ortho intramolecular Hbond substituents is 1. The fraction of sp³-hybridized carbons (Fsp3) is 0.679. The predicted octanol–water partition coefficient (Wildman–Crippen LogP) is 6.71. The van der Waals surface area contributed by atoms with Crippen molar-refractivity contribution >= 4 is 5.91 Å². The number of fused-ring (bicyclic) bond motifs is 3. The van der Waals surface area contributed by atoms with Gasteiger partial charge in [0.2, 0.25) is 5.91 Å². The van der Waals surface area contributed by atoms with Crippen molar-refractivity contribution in [1.29, 1.82) is 0 Å². The zero-order valence-electron chi connectivity index (χ0n) is 21.3. The number of hydrogen-bond acceptors (Lipinski definition) is 3. The topological polar surface area (TPSA) is 49.8 Å². The highest BCUT2D eigenvalue weighted by Gasteiger charge is 2.46. The Morgan fingerprint density at radius 3 is 2.56 bits per heavy atom. The third-order valence-electron chi connectivity index (χ3n) is 7.84. The lowest BCUT2D eigenvalue weighted by molar-refractivity contribution is -0.130. The number of hydrogen-bond donors (Lipinski definition) is 1. The maximum Gasteiger partial charge on any atom is 0.222 e. The van der Waals surface area contributed by atoms with Crippen LogP contribution in [-0.2, 0) is 10.2 Å². The van der Waals surface area contributed by atoms with Gasteiger partial charge in [0.05, 0.1) is 0 Å². The molecule has 3 rings (SSSR count). The molecule has 4 nitrogen and oxygen atoms in total. The Hall–Kier alpha value is -1.97. The molecule has 178 valence electrons. The number of allylic oxidation sites excluding steroid dienone is 2. The van der Waals surface area contributed by atoms with Crippen molar-refractivity contribution < 1.29 is 14.6 Å². The van der Waals surface area contributed by atoms with Crippen molar-refractivity contribution in [1.82, 2.24) is 4.90 Å². The van der Waals surface area contributed by atoms with E-state index in [-0.39, 0.29) is 16.9 Å². The SMILES string of the molecule is CCN(CC)C(=O)CCCCC(C)(C)c1cc(O)c2c(c1)OC(C)(C)[C@@H]1CC=C(C)C[C@@H]21. The summed E-state index contributed by atoms with van der Waals surface area (Å²) in [5, 5.41) is 11.1. The van der Waals surface area contributed by atoms with Gasteiger partial charge in [-0.1, -0.05) is 31.9 Å². The number of carbonyl (C=O) groups is 1. The number of phenols is 1. The summed E-state index contributed by atoms with van der Waals surface area (Å²) >= 11 is 0. The maximum atomic E-state index is 12.3. The highest BCUT2D eigenvalue weighted by atomic mass is 16.5. The first-order valence-corrected chi connectivity index (χ1v) is 12.5. The molecule has 4 heteroatoms.